The summed E-state index contributed by atoms with van der Waals surface area (Å²) < 4.78 is 0. The molecule has 0 bridgehead atoms. The van der Waals surface area contributed by atoms with Gasteiger partial charge in [0.25, 0.3) is 5.91 Å². The Morgan fingerprint density at radius 3 is 2.46 bits per heavy atom. The molecule has 0 saturated carbocycles. The number of urea groups is 1. The number of rotatable bonds is 3. The lowest BCUT2D eigenvalue weighted by molar-refractivity contribution is -0.126. The highest BCUT2D eigenvalue weighted by Gasteiger charge is 2.36. The minimum absolute atomic E-state index is 0.0669. The zero-order chi connectivity index (χ0) is 10.0. The molecule has 1 heterocycles. The van der Waals surface area contributed by atoms with Crippen LogP contribution in [0.3, 0.4) is 0 Å². The summed E-state index contributed by atoms with van der Waals surface area (Å²) in [5, 5.41) is 0. The van der Waals surface area contributed by atoms with Gasteiger partial charge in [0.2, 0.25) is 0 Å². The quantitative estimate of drug-likeness (QED) is 0.609. The zero-order valence-electron chi connectivity index (χ0n) is 7.99. The smallest absolute Gasteiger partial charge is 0.327 e. The van der Waals surface area contributed by atoms with Crippen LogP contribution in [0.1, 0.15) is 13.8 Å². The summed E-state index contributed by atoms with van der Waals surface area (Å²) in [4.78, 5) is 25.6. The number of carbonyl (C=O) groups excluding carboxylic acids is 2. The Kier molecular flexibility index (Phi) is 2.87. The van der Waals surface area contributed by atoms with Crippen LogP contribution in [0.5, 0.6) is 0 Å². The van der Waals surface area contributed by atoms with Gasteiger partial charge in [0.05, 0.1) is 0 Å². The lowest BCUT2D eigenvalue weighted by Crippen LogP contribution is -2.39. The van der Waals surface area contributed by atoms with Gasteiger partial charge in [0.1, 0.15) is 6.54 Å². The Bertz CT molecular complexity index is 227. The fraction of sp³-hybridized carbons (Fsp3) is 0.750. The molecule has 0 aromatic heterocycles. The van der Waals surface area contributed by atoms with Crippen LogP contribution >= 0.6 is 0 Å². The Labute approximate surface area is 77.5 Å². The normalized spacial score (nSPS) is 17.8. The zero-order valence-corrected chi connectivity index (χ0v) is 7.99. The standard InChI is InChI=1S/C8H15N3O2/c1-6(2)11-7(12)5-10(4-3-9)8(11)13/h6H,3-5,9H2,1-2H3. The monoisotopic (exact) mass is 185 g/mol. The van der Waals surface area contributed by atoms with E-state index < -0.39 is 0 Å². The van der Waals surface area contributed by atoms with Gasteiger partial charge >= 0.3 is 6.03 Å². The molecule has 1 fully saturated rings. The van der Waals surface area contributed by atoms with Gasteiger partial charge in [0.15, 0.2) is 0 Å². The van der Waals surface area contributed by atoms with E-state index in [0.717, 1.165) is 0 Å². The first-order chi connectivity index (χ1) is 6.07. The molecule has 1 rings (SSSR count). The fourth-order valence-corrected chi connectivity index (χ4v) is 1.41. The van der Waals surface area contributed by atoms with Crippen LogP contribution in [-0.2, 0) is 4.79 Å². The Morgan fingerprint density at radius 1 is 1.46 bits per heavy atom. The van der Waals surface area contributed by atoms with Crippen molar-refractivity contribution in [1.82, 2.24) is 9.80 Å². The molecule has 13 heavy (non-hydrogen) atoms. The van der Waals surface area contributed by atoms with Crippen LogP contribution in [-0.4, -0.2) is 47.4 Å². The Morgan fingerprint density at radius 2 is 2.08 bits per heavy atom. The van der Waals surface area contributed by atoms with Crippen LogP contribution in [0.2, 0.25) is 0 Å². The van der Waals surface area contributed by atoms with E-state index in [1.165, 1.54) is 9.80 Å². The molecular weight excluding hydrogens is 170 g/mol. The van der Waals surface area contributed by atoms with Crippen molar-refractivity contribution in [2.75, 3.05) is 19.6 Å². The first kappa shape index (κ1) is 9.98. The van der Waals surface area contributed by atoms with E-state index in [-0.39, 0.29) is 24.5 Å². The van der Waals surface area contributed by atoms with Crippen molar-refractivity contribution in [3.05, 3.63) is 0 Å². The molecule has 3 amide bonds. The van der Waals surface area contributed by atoms with E-state index in [2.05, 4.69) is 0 Å². The molecule has 0 spiro atoms. The molecule has 0 aromatic rings. The highest BCUT2D eigenvalue weighted by molar-refractivity contribution is 6.02. The third-order valence-electron chi connectivity index (χ3n) is 1.99. The summed E-state index contributed by atoms with van der Waals surface area (Å²) in [7, 11) is 0. The summed E-state index contributed by atoms with van der Waals surface area (Å²) in [6.45, 7) is 4.66. The molecular formula is C8H15N3O2. The minimum atomic E-state index is -0.217. The summed E-state index contributed by atoms with van der Waals surface area (Å²) in [5.41, 5.74) is 5.31. The molecule has 0 radical (unpaired) electrons. The number of carbonyl (C=O) groups is 2. The second-order valence-electron chi connectivity index (χ2n) is 3.35. The molecule has 0 unspecified atom stereocenters. The van der Waals surface area contributed by atoms with Crippen LogP contribution < -0.4 is 5.73 Å². The minimum Gasteiger partial charge on any atom is -0.329 e. The summed E-state index contributed by atoms with van der Waals surface area (Å²) in [6, 6.07) is -0.284. The number of hydrogen-bond acceptors (Lipinski definition) is 3. The Balaban J connectivity index is 2.70. The van der Waals surface area contributed by atoms with E-state index in [4.69, 9.17) is 5.73 Å². The van der Waals surface area contributed by atoms with Gasteiger partial charge in [-0.2, -0.15) is 0 Å². The predicted molar refractivity (Wildman–Crippen MR) is 48.0 cm³/mol. The van der Waals surface area contributed by atoms with E-state index >= 15 is 0 Å². The molecule has 0 aliphatic carbocycles. The fourth-order valence-electron chi connectivity index (χ4n) is 1.41. The summed E-state index contributed by atoms with van der Waals surface area (Å²) in [5.74, 6) is -0.131. The maximum Gasteiger partial charge on any atom is 0.327 e. The molecule has 5 heteroatoms. The van der Waals surface area contributed by atoms with Crippen molar-refractivity contribution in [3.63, 3.8) is 0 Å². The lowest BCUT2D eigenvalue weighted by atomic mass is 10.3. The van der Waals surface area contributed by atoms with Gasteiger partial charge in [-0.25, -0.2) is 4.79 Å². The van der Waals surface area contributed by atoms with Gasteiger partial charge < -0.3 is 10.6 Å². The second kappa shape index (κ2) is 3.74. The van der Waals surface area contributed by atoms with Crippen molar-refractivity contribution < 1.29 is 9.59 Å². The molecule has 5 nitrogen and oxygen atoms in total. The van der Waals surface area contributed by atoms with Gasteiger partial charge in [-0.15, -0.1) is 0 Å². The summed E-state index contributed by atoms with van der Waals surface area (Å²) in [6.07, 6.45) is 0. The molecule has 1 aliphatic heterocycles. The molecule has 1 aliphatic rings. The van der Waals surface area contributed by atoms with E-state index in [1.807, 2.05) is 13.8 Å². The molecule has 0 atom stereocenters. The van der Waals surface area contributed by atoms with Gasteiger partial charge in [-0.1, -0.05) is 0 Å². The second-order valence-corrected chi connectivity index (χ2v) is 3.35. The SMILES string of the molecule is CC(C)N1C(=O)CN(CCN)C1=O. The van der Waals surface area contributed by atoms with Crippen LogP contribution in [0.15, 0.2) is 0 Å². The number of nitrogens with zero attached hydrogens (tertiary/aromatic N) is 2. The number of nitrogens with two attached hydrogens (primary N) is 1. The van der Waals surface area contributed by atoms with Crippen molar-refractivity contribution in [2.45, 2.75) is 19.9 Å². The third-order valence-corrected chi connectivity index (χ3v) is 1.99. The van der Waals surface area contributed by atoms with Crippen molar-refractivity contribution >= 4 is 11.9 Å². The number of hydrogen-bond donors (Lipinski definition) is 1. The van der Waals surface area contributed by atoms with Gasteiger partial charge in [-0.3, -0.25) is 9.69 Å². The first-order valence-corrected chi connectivity index (χ1v) is 4.39. The maximum atomic E-state index is 11.5. The van der Waals surface area contributed by atoms with Gasteiger partial charge in [-0.05, 0) is 13.8 Å². The number of amides is 3. The van der Waals surface area contributed by atoms with E-state index in [9.17, 15) is 9.59 Å². The third kappa shape index (κ3) is 1.80. The predicted octanol–water partition coefficient (Wildman–Crippen LogP) is -0.382. The molecule has 2 N–H and O–H groups in total. The van der Waals surface area contributed by atoms with E-state index in [1.54, 1.807) is 0 Å². The van der Waals surface area contributed by atoms with E-state index in [0.29, 0.717) is 13.1 Å². The van der Waals surface area contributed by atoms with Crippen LogP contribution in [0, 0.1) is 0 Å². The van der Waals surface area contributed by atoms with Crippen molar-refractivity contribution in [1.29, 1.82) is 0 Å². The first-order valence-electron chi connectivity index (χ1n) is 4.39. The number of imide groups is 1. The molecule has 0 aromatic carbocycles. The van der Waals surface area contributed by atoms with Crippen LogP contribution in [0.25, 0.3) is 0 Å². The summed E-state index contributed by atoms with van der Waals surface area (Å²) >= 11 is 0. The molecule has 1 saturated heterocycles. The molecule has 74 valence electrons. The van der Waals surface area contributed by atoms with Crippen LogP contribution in [0.4, 0.5) is 4.79 Å². The maximum absolute atomic E-state index is 11.5. The topological polar surface area (TPSA) is 66.6 Å². The average molecular weight is 185 g/mol. The van der Waals surface area contributed by atoms with Crippen molar-refractivity contribution in [2.24, 2.45) is 5.73 Å². The lowest BCUT2D eigenvalue weighted by Gasteiger charge is -2.19. The van der Waals surface area contributed by atoms with Gasteiger partial charge in [0, 0.05) is 19.1 Å². The largest absolute Gasteiger partial charge is 0.329 e. The highest BCUT2D eigenvalue weighted by Crippen LogP contribution is 2.12. The average Bonchev–Trinajstić information content (AvgIpc) is 2.28. The Hall–Kier alpha value is -1.10. The van der Waals surface area contributed by atoms with Crippen molar-refractivity contribution in [3.8, 4) is 0 Å². The highest BCUT2D eigenvalue weighted by atomic mass is 16.2.